The maximum Gasteiger partial charge on any atom is 0.278 e. The third-order valence-electron chi connectivity index (χ3n) is 3.05. The van der Waals surface area contributed by atoms with Crippen LogP contribution < -0.4 is 10.5 Å². The Hall–Kier alpha value is -2.28. The van der Waals surface area contributed by atoms with Gasteiger partial charge in [-0.05, 0) is 18.2 Å². The number of para-hydroxylation sites is 1. The van der Waals surface area contributed by atoms with Crippen LogP contribution in [-0.4, -0.2) is 32.6 Å². The highest BCUT2D eigenvalue weighted by molar-refractivity contribution is 7.85. The molecule has 2 heterocycles. The number of carbonyl (C=O) groups excluding carboxylic acids is 1. The Kier molecular flexibility index (Phi) is 3.19. The fourth-order valence-corrected chi connectivity index (χ4v) is 3.30. The topological polar surface area (TPSA) is 83.1 Å². The minimum Gasteiger partial charge on any atom is -0.305 e. The van der Waals surface area contributed by atoms with E-state index in [-0.39, 0.29) is 17.2 Å². The van der Waals surface area contributed by atoms with Gasteiger partial charge >= 0.3 is 0 Å². The van der Waals surface area contributed by atoms with Crippen LogP contribution in [0.4, 0.5) is 5.69 Å². The maximum absolute atomic E-state index is 12.4. The number of rotatable bonds is 1. The Morgan fingerprint density at radius 1 is 1.25 bits per heavy atom. The van der Waals surface area contributed by atoms with E-state index in [9.17, 15) is 13.8 Å². The van der Waals surface area contributed by atoms with Gasteiger partial charge in [-0.2, -0.15) is 5.10 Å². The molecule has 0 radical (unpaired) electrons. The Morgan fingerprint density at radius 3 is 2.80 bits per heavy atom. The molecule has 1 aromatic heterocycles. The fraction of sp³-hybridized carbons (Fsp3) is 0.154. The van der Waals surface area contributed by atoms with Crippen molar-refractivity contribution in [2.75, 3.05) is 17.2 Å². The summed E-state index contributed by atoms with van der Waals surface area (Å²) in [5, 5.41) is 5.98. The lowest BCUT2D eigenvalue weighted by molar-refractivity contribution is 0.0982. The lowest BCUT2D eigenvalue weighted by Crippen LogP contribution is -2.39. The number of H-pyrrole nitrogens is 1. The average Bonchev–Trinajstić information content (AvgIpc) is 2.48. The lowest BCUT2D eigenvalue weighted by Gasteiger charge is -2.28. The van der Waals surface area contributed by atoms with Gasteiger partial charge in [0.15, 0.2) is 0 Å². The number of fused-ring (bicyclic) bond motifs is 1. The summed E-state index contributed by atoms with van der Waals surface area (Å²) in [6.07, 6.45) is 0. The standard InChI is InChI=1S/C13H11N3O3S/c17-12-6-5-9(14-15-12)13(18)16-7-8-20(19)11-4-2-1-3-10(11)16/h1-6H,7-8H2,(H,15,17). The predicted octanol–water partition coefficient (Wildman–Crippen LogP) is 0.538. The van der Waals surface area contributed by atoms with Gasteiger partial charge in [0, 0.05) is 18.4 Å². The van der Waals surface area contributed by atoms with E-state index >= 15 is 0 Å². The van der Waals surface area contributed by atoms with Crippen LogP contribution in [0.15, 0.2) is 46.1 Å². The molecule has 1 N–H and O–H groups in total. The highest BCUT2D eigenvalue weighted by Gasteiger charge is 2.27. The Bertz CT molecular complexity index is 736. The van der Waals surface area contributed by atoms with Crippen molar-refractivity contribution < 1.29 is 9.00 Å². The molecule has 0 aliphatic carbocycles. The molecule has 0 spiro atoms. The average molecular weight is 289 g/mol. The molecule has 1 unspecified atom stereocenters. The molecule has 20 heavy (non-hydrogen) atoms. The first kappa shape index (κ1) is 12.7. The van der Waals surface area contributed by atoms with E-state index in [0.717, 1.165) is 0 Å². The number of amides is 1. The van der Waals surface area contributed by atoms with Gasteiger partial charge in [0.25, 0.3) is 11.5 Å². The van der Waals surface area contributed by atoms with E-state index < -0.39 is 10.8 Å². The zero-order valence-corrected chi connectivity index (χ0v) is 11.2. The molecule has 1 atom stereocenters. The SMILES string of the molecule is O=C(c1ccc(=O)[nH]n1)N1CCS(=O)c2ccccc21. The van der Waals surface area contributed by atoms with Crippen LogP contribution in [0.5, 0.6) is 0 Å². The third kappa shape index (κ3) is 2.16. The Labute approximate surface area is 116 Å². The summed E-state index contributed by atoms with van der Waals surface area (Å²) >= 11 is 0. The molecule has 6 nitrogen and oxygen atoms in total. The largest absolute Gasteiger partial charge is 0.305 e. The molecule has 0 bridgehead atoms. The highest BCUT2D eigenvalue weighted by atomic mass is 32.2. The van der Waals surface area contributed by atoms with Crippen molar-refractivity contribution in [3.05, 3.63) is 52.4 Å². The van der Waals surface area contributed by atoms with Crippen molar-refractivity contribution in [3.8, 4) is 0 Å². The quantitative estimate of drug-likeness (QED) is 0.830. The summed E-state index contributed by atoms with van der Waals surface area (Å²) in [6.45, 7) is 0.364. The molecule has 1 aliphatic heterocycles. The van der Waals surface area contributed by atoms with Gasteiger partial charge in [-0.1, -0.05) is 12.1 Å². The summed E-state index contributed by atoms with van der Waals surface area (Å²) in [5.41, 5.74) is 0.434. The monoisotopic (exact) mass is 289 g/mol. The summed E-state index contributed by atoms with van der Waals surface area (Å²) in [7, 11) is -1.08. The smallest absolute Gasteiger partial charge is 0.278 e. The zero-order valence-electron chi connectivity index (χ0n) is 10.4. The molecule has 3 rings (SSSR count). The van der Waals surface area contributed by atoms with Gasteiger partial charge in [0.1, 0.15) is 5.69 Å². The van der Waals surface area contributed by atoms with Crippen LogP contribution in [0.3, 0.4) is 0 Å². The van der Waals surface area contributed by atoms with Crippen molar-refractivity contribution in [1.29, 1.82) is 0 Å². The third-order valence-corrected chi connectivity index (χ3v) is 4.43. The Balaban J connectivity index is 2.01. The Morgan fingerprint density at radius 2 is 2.05 bits per heavy atom. The summed E-state index contributed by atoms with van der Waals surface area (Å²) in [5.74, 6) is 0.0805. The second kappa shape index (κ2) is 5.01. The second-order valence-corrected chi connectivity index (χ2v) is 5.82. The normalized spacial score (nSPS) is 17.6. The van der Waals surface area contributed by atoms with E-state index in [2.05, 4.69) is 10.2 Å². The predicted molar refractivity (Wildman–Crippen MR) is 74.3 cm³/mol. The molecular weight excluding hydrogens is 278 g/mol. The van der Waals surface area contributed by atoms with Crippen molar-refractivity contribution >= 4 is 22.4 Å². The number of aromatic nitrogens is 2. The van der Waals surface area contributed by atoms with Crippen molar-refractivity contribution in [3.63, 3.8) is 0 Å². The molecule has 1 aliphatic rings. The van der Waals surface area contributed by atoms with Crippen LogP contribution in [0.2, 0.25) is 0 Å². The first-order valence-electron chi connectivity index (χ1n) is 6.02. The van der Waals surface area contributed by atoms with Gasteiger partial charge in [-0.15, -0.1) is 0 Å². The molecule has 102 valence electrons. The number of nitrogens with one attached hydrogen (secondary N) is 1. The molecule has 0 saturated heterocycles. The van der Waals surface area contributed by atoms with Crippen LogP contribution in [0, 0.1) is 0 Å². The lowest BCUT2D eigenvalue weighted by atomic mass is 10.2. The molecule has 7 heteroatoms. The number of anilines is 1. The van der Waals surface area contributed by atoms with E-state index in [1.54, 1.807) is 24.3 Å². The first-order chi connectivity index (χ1) is 9.66. The minimum atomic E-state index is -1.08. The van der Waals surface area contributed by atoms with E-state index in [0.29, 0.717) is 22.9 Å². The summed E-state index contributed by atoms with van der Waals surface area (Å²) < 4.78 is 11.9. The fourth-order valence-electron chi connectivity index (χ4n) is 2.09. The molecule has 0 saturated carbocycles. The molecule has 1 amide bonds. The molecular formula is C13H11N3O3S. The van der Waals surface area contributed by atoms with Crippen LogP contribution in [-0.2, 0) is 10.8 Å². The number of hydrogen-bond donors (Lipinski definition) is 1. The van der Waals surface area contributed by atoms with Gasteiger partial charge in [0.2, 0.25) is 0 Å². The second-order valence-electron chi connectivity index (χ2n) is 4.28. The molecule has 0 fully saturated rings. The molecule has 2 aromatic rings. The van der Waals surface area contributed by atoms with E-state index in [1.165, 1.54) is 17.0 Å². The van der Waals surface area contributed by atoms with E-state index in [4.69, 9.17) is 0 Å². The zero-order chi connectivity index (χ0) is 14.1. The van der Waals surface area contributed by atoms with Gasteiger partial charge in [-0.3, -0.25) is 13.8 Å². The van der Waals surface area contributed by atoms with Gasteiger partial charge in [0.05, 0.1) is 21.4 Å². The summed E-state index contributed by atoms with van der Waals surface area (Å²) in [4.78, 5) is 25.6. The van der Waals surface area contributed by atoms with Crippen LogP contribution in [0.1, 0.15) is 10.5 Å². The minimum absolute atomic E-state index is 0.159. The van der Waals surface area contributed by atoms with Gasteiger partial charge in [-0.25, -0.2) is 5.10 Å². The first-order valence-corrected chi connectivity index (χ1v) is 7.34. The number of nitrogens with zero attached hydrogens (tertiary/aromatic N) is 2. The number of benzene rings is 1. The van der Waals surface area contributed by atoms with Crippen LogP contribution >= 0.6 is 0 Å². The number of carbonyl (C=O) groups is 1. The highest BCUT2D eigenvalue weighted by Crippen LogP contribution is 2.28. The molecule has 1 aromatic carbocycles. The van der Waals surface area contributed by atoms with E-state index in [1.807, 2.05) is 0 Å². The number of aromatic amines is 1. The van der Waals surface area contributed by atoms with Gasteiger partial charge < -0.3 is 4.90 Å². The number of hydrogen-bond acceptors (Lipinski definition) is 4. The van der Waals surface area contributed by atoms with Crippen LogP contribution in [0.25, 0.3) is 0 Å². The maximum atomic E-state index is 12.4. The summed E-state index contributed by atoms with van der Waals surface area (Å²) in [6, 6.07) is 9.75. The van der Waals surface area contributed by atoms with Crippen molar-refractivity contribution in [1.82, 2.24) is 10.2 Å². The van der Waals surface area contributed by atoms with Crippen molar-refractivity contribution in [2.45, 2.75) is 4.90 Å². The van der Waals surface area contributed by atoms with Crippen molar-refractivity contribution in [2.24, 2.45) is 0 Å².